The smallest absolute Gasteiger partial charge is 0.0693 e. The van der Waals surface area contributed by atoms with Gasteiger partial charge in [0.05, 0.1) is 6.10 Å². The van der Waals surface area contributed by atoms with Gasteiger partial charge in [0.1, 0.15) is 0 Å². The number of aliphatic hydroxyl groups excluding tert-OH is 1. The molecular weight excluding hydrogens is 234 g/mol. The van der Waals surface area contributed by atoms with E-state index in [2.05, 4.69) is 36.5 Å². The Balaban J connectivity index is 1.48. The SMILES string of the molecule is Cc1ccc(C2CC(NC3CCCCC3O)C2)cc1. The fraction of sp³-hybridized carbons (Fsp3) is 0.647. The van der Waals surface area contributed by atoms with Gasteiger partial charge in [0, 0.05) is 12.1 Å². The molecule has 2 aliphatic rings. The number of aliphatic hydroxyl groups is 1. The maximum Gasteiger partial charge on any atom is 0.0693 e. The molecule has 0 saturated heterocycles. The first-order chi connectivity index (χ1) is 9.22. The maximum absolute atomic E-state index is 9.99. The molecule has 19 heavy (non-hydrogen) atoms. The number of benzene rings is 1. The standard InChI is InChI=1S/C17H25NO/c1-12-6-8-13(9-7-12)14-10-15(11-14)18-16-4-2-3-5-17(16)19/h6-9,14-19H,2-5,10-11H2,1H3. The van der Waals surface area contributed by atoms with Crippen molar-refractivity contribution in [1.29, 1.82) is 0 Å². The summed E-state index contributed by atoms with van der Waals surface area (Å²) in [4.78, 5) is 0. The van der Waals surface area contributed by atoms with E-state index in [0.29, 0.717) is 12.1 Å². The molecule has 0 radical (unpaired) electrons. The summed E-state index contributed by atoms with van der Waals surface area (Å²) in [7, 11) is 0. The van der Waals surface area contributed by atoms with Crippen molar-refractivity contribution in [1.82, 2.24) is 5.32 Å². The monoisotopic (exact) mass is 259 g/mol. The zero-order chi connectivity index (χ0) is 13.2. The van der Waals surface area contributed by atoms with Crippen LogP contribution in [0.4, 0.5) is 0 Å². The molecule has 2 N–H and O–H groups in total. The minimum atomic E-state index is -0.118. The highest BCUT2D eigenvalue weighted by molar-refractivity contribution is 5.26. The highest BCUT2D eigenvalue weighted by Crippen LogP contribution is 2.37. The van der Waals surface area contributed by atoms with Gasteiger partial charge >= 0.3 is 0 Å². The molecule has 0 amide bonds. The molecule has 0 aromatic heterocycles. The van der Waals surface area contributed by atoms with Crippen molar-refractivity contribution < 1.29 is 5.11 Å². The van der Waals surface area contributed by atoms with E-state index in [0.717, 1.165) is 18.8 Å². The number of hydrogen-bond donors (Lipinski definition) is 2. The molecule has 2 saturated carbocycles. The summed E-state index contributed by atoms with van der Waals surface area (Å²) >= 11 is 0. The van der Waals surface area contributed by atoms with Crippen LogP contribution in [0.1, 0.15) is 55.6 Å². The lowest BCUT2D eigenvalue weighted by atomic mass is 9.75. The van der Waals surface area contributed by atoms with Gasteiger partial charge in [-0.05, 0) is 44.1 Å². The normalized spacial score (nSPS) is 34.8. The molecule has 0 aliphatic heterocycles. The van der Waals surface area contributed by atoms with E-state index in [1.807, 2.05) is 0 Å². The number of aryl methyl sites for hydroxylation is 1. The van der Waals surface area contributed by atoms with Crippen LogP contribution in [0.3, 0.4) is 0 Å². The van der Waals surface area contributed by atoms with E-state index in [1.165, 1.54) is 36.8 Å². The molecule has 3 rings (SSSR count). The van der Waals surface area contributed by atoms with Gasteiger partial charge in [0.2, 0.25) is 0 Å². The van der Waals surface area contributed by atoms with Crippen LogP contribution in [0.15, 0.2) is 24.3 Å². The Labute approximate surface area is 116 Å². The molecule has 1 aromatic rings. The van der Waals surface area contributed by atoms with Gasteiger partial charge in [-0.15, -0.1) is 0 Å². The van der Waals surface area contributed by atoms with E-state index in [9.17, 15) is 5.11 Å². The minimum Gasteiger partial charge on any atom is -0.392 e. The topological polar surface area (TPSA) is 32.3 Å². The van der Waals surface area contributed by atoms with Gasteiger partial charge in [0.25, 0.3) is 0 Å². The van der Waals surface area contributed by atoms with Crippen molar-refractivity contribution >= 4 is 0 Å². The second kappa shape index (κ2) is 5.64. The summed E-state index contributed by atoms with van der Waals surface area (Å²) in [5.74, 6) is 0.721. The fourth-order valence-electron chi connectivity index (χ4n) is 3.47. The van der Waals surface area contributed by atoms with Crippen molar-refractivity contribution in [3.05, 3.63) is 35.4 Å². The maximum atomic E-state index is 9.99. The third-order valence-corrected chi connectivity index (χ3v) is 4.87. The van der Waals surface area contributed by atoms with Crippen LogP contribution in [0.5, 0.6) is 0 Å². The average Bonchev–Trinajstić information content (AvgIpc) is 2.37. The molecular formula is C17H25NO. The molecule has 1 aromatic carbocycles. The first kappa shape index (κ1) is 13.1. The highest BCUT2D eigenvalue weighted by Gasteiger charge is 2.33. The van der Waals surface area contributed by atoms with Crippen LogP contribution in [-0.2, 0) is 0 Å². The van der Waals surface area contributed by atoms with Crippen LogP contribution >= 0.6 is 0 Å². The summed E-state index contributed by atoms with van der Waals surface area (Å²) in [6, 6.07) is 9.92. The second-order valence-electron chi connectivity index (χ2n) is 6.40. The Morgan fingerprint density at radius 1 is 1.05 bits per heavy atom. The second-order valence-corrected chi connectivity index (χ2v) is 6.40. The van der Waals surface area contributed by atoms with Crippen molar-refractivity contribution in [2.24, 2.45) is 0 Å². The molecule has 2 heteroatoms. The zero-order valence-electron chi connectivity index (χ0n) is 11.8. The van der Waals surface area contributed by atoms with Gasteiger partial charge in [-0.2, -0.15) is 0 Å². The van der Waals surface area contributed by atoms with Crippen molar-refractivity contribution in [2.75, 3.05) is 0 Å². The van der Waals surface area contributed by atoms with Gasteiger partial charge in [-0.3, -0.25) is 0 Å². The van der Waals surface area contributed by atoms with E-state index in [1.54, 1.807) is 0 Å². The van der Waals surface area contributed by atoms with Crippen molar-refractivity contribution in [3.63, 3.8) is 0 Å². The van der Waals surface area contributed by atoms with Crippen molar-refractivity contribution in [3.8, 4) is 0 Å². The predicted octanol–water partition coefficient (Wildman–Crippen LogP) is 3.13. The first-order valence-electron chi connectivity index (χ1n) is 7.73. The molecule has 2 atom stereocenters. The molecule has 0 bridgehead atoms. The third-order valence-electron chi connectivity index (χ3n) is 4.87. The third kappa shape index (κ3) is 3.01. The van der Waals surface area contributed by atoms with Crippen LogP contribution in [0, 0.1) is 6.92 Å². The zero-order valence-corrected chi connectivity index (χ0v) is 11.8. The Morgan fingerprint density at radius 3 is 2.42 bits per heavy atom. The molecule has 2 unspecified atom stereocenters. The Kier molecular flexibility index (Phi) is 3.90. The molecule has 2 fully saturated rings. The largest absolute Gasteiger partial charge is 0.392 e. The van der Waals surface area contributed by atoms with Gasteiger partial charge in [-0.1, -0.05) is 42.7 Å². The van der Waals surface area contributed by atoms with E-state index in [4.69, 9.17) is 0 Å². The van der Waals surface area contributed by atoms with Crippen LogP contribution < -0.4 is 5.32 Å². The molecule has 0 spiro atoms. The van der Waals surface area contributed by atoms with Crippen LogP contribution in [0.2, 0.25) is 0 Å². The number of nitrogens with one attached hydrogen (secondary N) is 1. The summed E-state index contributed by atoms with van der Waals surface area (Å²) in [6.45, 7) is 2.14. The Bertz CT molecular complexity index is 408. The number of hydrogen-bond acceptors (Lipinski definition) is 2. The highest BCUT2D eigenvalue weighted by atomic mass is 16.3. The van der Waals surface area contributed by atoms with Crippen LogP contribution in [-0.4, -0.2) is 23.3 Å². The van der Waals surface area contributed by atoms with Gasteiger partial charge in [-0.25, -0.2) is 0 Å². The average molecular weight is 259 g/mol. The molecule has 2 nitrogen and oxygen atoms in total. The van der Waals surface area contributed by atoms with Crippen molar-refractivity contribution in [2.45, 2.75) is 69.6 Å². The fourth-order valence-corrected chi connectivity index (χ4v) is 3.47. The molecule has 104 valence electrons. The quantitative estimate of drug-likeness (QED) is 0.874. The Hall–Kier alpha value is -0.860. The van der Waals surface area contributed by atoms with E-state index in [-0.39, 0.29) is 6.10 Å². The van der Waals surface area contributed by atoms with E-state index < -0.39 is 0 Å². The Morgan fingerprint density at radius 2 is 1.74 bits per heavy atom. The van der Waals surface area contributed by atoms with Gasteiger partial charge in [0.15, 0.2) is 0 Å². The minimum absolute atomic E-state index is 0.118. The summed E-state index contributed by atoms with van der Waals surface area (Å²) in [6.07, 6.45) is 6.92. The molecule has 2 aliphatic carbocycles. The summed E-state index contributed by atoms with van der Waals surface area (Å²) in [5, 5.41) is 13.7. The van der Waals surface area contributed by atoms with Crippen LogP contribution in [0.25, 0.3) is 0 Å². The molecule has 0 heterocycles. The lowest BCUT2D eigenvalue weighted by Gasteiger charge is -2.41. The van der Waals surface area contributed by atoms with Gasteiger partial charge < -0.3 is 10.4 Å². The summed E-state index contributed by atoms with van der Waals surface area (Å²) in [5.41, 5.74) is 2.82. The lowest BCUT2D eigenvalue weighted by molar-refractivity contribution is 0.0751. The predicted molar refractivity (Wildman–Crippen MR) is 78.3 cm³/mol. The number of rotatable bonds is 3. The van der Waals surface area contributed by atoms with E-state index >= 15 is 0 Å². The lowest BCUT2D eigenvalue weighted by Crippen LogP contribution is -2.51. The first-order valence-corrected chi connectivity index (χ1v) is 7.73. The summed E-state index contributed by atoms with van der Waals surface area (Å²) < 4.78 is 0.